The Morgan fingerprint density at radius 1 is 0.583 bits per heavy atom. The number of carbonyl (C=O) groups is 4. The van der Waals surface area contributed by atoms with E-state index in [1.54, 1.807) is 48.5 Å². The number of benzene rings is 2. The summed E-state index contributed by atoms with van der Waals surface area (Å²) in [5.74, 6) is -2.00. The Kier molecular flexibility index (Phi) is 2.90. The standard InChI is InChI=1S/C18H12N2O4/c1-10(19-15(21)11-6-2-3-7-12(11)16(19)22)20-17(23)13-8-4-5-9-14(13)18(20)24/h2-10H,1H3. The molecule has 0 radical (unpaired) electrons. The molecule has 2 aliphatic heterocycles. The van der Waals surface area contributed by atoms with Crippen molar-refractivity contribution >= 4 is 23.6 Å². The number of amides is 4. The zero-order chi connectivity index (χ0) is 17.0. The predicted molar refractivity (Wildman–Crippen MR) is 83.3 cm³/mol. The highest BCUT2D eigenvalue weighted by molar-refractivity contribution is 6.24. The molecular weight excluding hydrogens is 308 g/mol. The Morgan fingerprint density at radius 2 is 0.833 bits per heavy atom. The monoisotopic (exact) mass is 320 g/mol. The molecule has 0 atom stereocenters. The van der Waals surface area contributed by atoms with E-state index >= 15 is 0 Å². The first-order valence-electron chi connectivity index (χ1n) is 7.46. The minimum absolute atomic E-state index is 0.283. The third-order valence-corrected chi connectivity index (χ3v) is 4.40. The number of hydrogen-bond acceptors (Lipinski definition) is 4. The van der Waals surface area contributed by atoms with Gasteiger partial charge in [0, 0.05) is 0 Å². The van der Waals surface area contributed by atoms with Gasteiger partial charge in [0.1, 0.15) is 6.17 Å². The average Bonchev–Trinajstić information content (AvgIpc) is 3.00. The molecule has 118 valence electrons. The fraction of sp³-hybridized carbons (Fsp3) is 0.111. The lowest BCUT2D eigenvalue weighted by Gasteiger charge is -2.29. The lowest BCUT2D eigenvalue weighted by atomic mass is 10.1. The molecule has 0 saturated carbocycles. The van der Waals surface area contributed by atoms with Crippen molar-refractivity contribution in [3.63, 3.8) is 0 Å². The number of hydrogen-bond donors (Lipinski definition) is 0. The van der Waals surface area contributed by atoms with Crippen molar-refractivity contribution in [2.24, 2.45) is 0 Å². The van der Waals surface area contributed by atoms with Crippen molar-refractivity contribution in [1.82, 2.24) is 9.80 Å². The summed E-state index contributed by atoms with van der Waals surface area (Å²) in [6.45, 7) is 1.50. The first-order valence-corrected chi connectivity index (χ1v) is 7.46. The molecule has 0 aliphatic carbocycles. The quantitative estimate of drug-likeness (QED) is 0.792. The van der Waals surface area contributed by atoms with Crippen LogP contribution in [0, 0.1) is 0 Å². The van der Waals surface area contributed by atoms with Gasteiger partial charge in [0.2, 0.25) is 0 Å². The van der Waals surface area contributed by atoms with Gasteiger partial charge in [-0.3, -0.25) is 29.0 Å². The summed E-state index contributed by atoms with van der Waals surface area (Å²) in [6.07, 6.45) is -0.996. The van der Waals surface area contributed by atoms with Crippen molar-refractivity contribution in [3.8, 4) is 0 Å². The zero-order valence-corrected chi connectivity index (χ0v) is 12.7. The molecule has 0 bridgehead atoms. The molecule has 0 aromatic heterocycles. The maximum atomic E-state index is 12.5. The second-order valence-electron chi connectivity index (χ2n) is 5.68. The van der Waals surface area contributed by atoms with E-state index in [0.717, 1.165) is 9.80 Å². The maximum absolute atomic E-state index is 12.5. The lowest BCUT2D eigenvalue weighted by Crippen LogP contribution is -2.51. The third-order valence-electron chi connectivity index (χ3n) is 4.40. The molecule has 2 aromatic carbocycles. The zero-order valence-electron chi connectivity index (χ0n) is 12.7. The van der Waals surface area contributed by atoms with E-state index in [1.807, 2.05) is 0 Å². The topological polar surface area (TPSA) is 74.8 Å². The van der Waals surface area contributed by atoms with Crippen molar-refractivity contribution < 1.29 is 19.2 Å². The van der Waals surface area contributed by atoms with Gasteiger partial charge >= 0.3 is 0 Å². The summed E-state index contributed by atoms with van der Waals surface area (Å²) in [7, 11) is 0. The van der Waals surface area contributed by atoms with Crippen LogP contribution in [-0.2, 0) is 0 Å². The number of fused-ring (bicyclic) bond motifs is 2. The van der Waals surface area contributed by atoms with Crippen LogP contribution < -0.4 is 0 Å². The molecule has 24 heavy (non-hydrogen) atoms. The first kappa shape index (κ1) is 14.3. The summed E-state index contributed by atoms with van der Waals surface area (Å²) in [6, 6.07) is 12.9. The van der Waals surface area contributed by atoms with Crippen LogP contribution in [0.25, 0.3) is 0 Å². The molecule has 0 N–H and O–H groups in total. The highest BCUT2D eigenvalue weighted by Gasteiger charge is 2.46. The van der Waals surface area contributed by atoms with Crippen LogP contribution in [0.2, 0.25) is 0 Å². The highest BCUT2D eigenvalue weighted by Crippen LogP contribution is 2.30. The van der Waals surface area contributed by atoms with Crippen molar-refractivity contribution in [3.05, 3.63) is 70.8 Å². The molecule has 2 aromatic rings. The summed E-state index contributed by atoms with van der Waals surface area (Å²) in [4.78, 5) is 52.1. The molecule has 0 spiro atoms. The lowest BCUT2D eigenvalue weighted by molar-refractivity contribution is 0.0323. The van der Waals surface area contributed by atoms with E-state index < -0.39 is 29.8 Å². The largest absolute Gasteiger partial charge is 0.268 e. The molecule has 4 amide bonds. The maximum Gasteiger partial charge on any atom is 0.263 e. The Labute approximate surface area is 137 Å². The van der Waals surface area contributed by atoms with Gasteiger partial charge in [0.25, 0.3) is 23.6 Å². The van der Waals surface area contributed by atoms with Gasteiger partial charge in [0.05, 0.1) is 22.3 Å². The van der Waals surface area contributed by atoms with Crippen molar-refractivity contribution in [2.45, 2.75) is 13.1 Å². The molecular formula is C18H12N2O4. The molecule has 6 heteroatoms. The normalized spacial score (nSPS) is 16.2. The summed E-state index contributed by atoms with van der Waals surface area (Å²) >= 11 is 0. The van der Waals surface area contributed by atoms with Crippen LogP contribution in [0.5, 0.6) is 0 Å². The van der Waals surface area contributed by atoms with E-state index in [2.05, 4.69) is 0 Å². The van der Waals surface area contributed by atoms with E-state index in [0.29, 0.717) is 0 Å². The minimum Gasteiger partial charge on any atom is -0.268 e. The highest BCUT2D eigenvalue weighted by atomic mass is 16.2. The Balaban J connectivity index is 1.73. The molecule has 6 nitrogen and oxygen atoms in total. The number of carbonyl (C=O) groups excluding carboxylic acids is 4. The van der Waals surface area contributed by atoms with Gasteiger partial charge in [-0.2, -0.15) is 0 Å². The van der Waals surface area contributed by atoms with Crippen LogP contribution in [0.15, 0.2) is 48.5 Å². The number of imide groups is 2. The van der Waals surface area contributed by atoms with E-state index in [-0.39, 0.29) is 22.3 Å². The van der Waals surface area contributed by atoms with Gasteiger partial charge in [0.15, 0.2) is 0 Å². The average molecular weight is 320 g/mol. The van der Waals surface area contributed by atoms with Gasteiger partial charge in [-0.05, 0) is 31.2 Å². The summed E-state index contributed by atoms with van der Waals surface area (Å²) < 4.78 is 0. The van der Waals surface area contributed by atoms with Crippen LogP contribution in [0.3, 0.4) is 0 Å². The van der Waals surface area contributed by atoms with Crippen LogP contribution >= 0.6 is 0 Å². The van der Waals surface area contributed by atoms with Crippen molar-refractivity contribution in [2.75, 3.05) is 0 Å². The molecule has 2 aliphatic rings. The molecule has 0 unspecified atom stereocenters. The van der Waals surface area contributed by atoms with E-state index in [9.17, 15) is 19.2 Å². The van der Waals surface area contributed by atoms with Crippen LogP contribution in [-0.4, -0.2) is 39.6 Å². The molecule has 0 fully saturated rings. The van der Waals surface area contributed by atoms with Crippen molar-refractivity contribution in [1.29, 1.82) is 0 Å². The Bertz CT molecular complexity index is 789. The Morgan fingerprint density at radius 3 is 1.08 bits per heavy atom. The minimum atomic E-state index is -0.996. The number of nitrogens with zero attached hydrogens (tertiary/aromatic N) is 2. The van der Waals surface area contributed by atoms with E-state index in [4.69, 9.17) is 0 Å². The van der Waals surface area contributed by atoms with Gasteiger partial charge in [-0.1, -0.05) is 24.3 Å². The second kappa shape index (κ2) is 4.86. The molecule has 4 rings (SSSR count). The Hall–Kier alpha value is -3.28. The predicted octanol–water partition coefficient (Wildman–Crippen LogP) is 1.92. The SMILES string of the molecule is CC(N1C(=O)c2ccccc2C1=O)N1C(=O)c2ccccc2C1=O. The molecule has 0 saturated heterocycles. The molecule has 2 heterocycles. The third kappa shape index (κ3) is 1.70. The number of rotatable bonds is 2. The first-order chi connectivity index (χ1) is 11.5. The van der Waals surface area contributed by atoms with Gasteiger partial charge < -0.3 is 0 Å². The summed E-state index contributed by atoms with van der Waals surface area (Å²) in [5.41, 5.74) is 1.13. The smallest absolute Gasteiger partial charge is 0.263 e. The summed E-state index contributed by atoms with van der Waals surface area (Å²) in [5, 5.41) is 0. The van der Waals surface area contributed by atoms with Gasteiger partial charge in [-0.25, -0.2) is 0 Å². The second-order valence-corrected chi connectivity index (χ2v) is 5.68. The van der Waals surface area contributed by atoms with Gasteiger partial charge in [-0.15, -0.1) is 0 Å². The van der Waals surface area contributed by atoms with E-state index in [1.165, 1.54) is 6.92 Å². The van der Waals surface area contributed by atoms with Crippen LogP contribution in [0.4, 0.5) is 0 Å². The fourth-order valence-corrected chi connectivity index (χ4v) is 3.21. The van der Waals surface area contributed by atoms with Crippen LogP contribution in [0.1, 0.15) is 48.4 Å². The fourth-order valence-electron chi connectivity index (χ4n) is 3.21.